The SMILES string of the molecule is O=CCNC(=O)CCCNC(=O)OCc1ccccc1. The van der Waals surface area contributed by atoms with Gasteiger partial charge in [0.1, 0.15) is 12.9 Å². The Labute approximate surface area is 117 Å². The highest BCUT2D eigenvalue weighted by molar-refractivity contribution is 5.78. The van der Waals surface area contributed by atoms with E-state index in [0.29, 0.717) is 19.3 Å². The number of ether oxygens (including phenoxy) is 1. The minimum atomic E-state index is -0.512. The minimum Gasteiger partial charge on any atom is -0.445 e. The molecule has 2 amide bonds. The molecule has 6 heteroatoms. The highest BCUT2D eigenvalue weighted by Gasteiger charge is 2.03. The van der Waals surface area contributed by atoms with Crippen LogP contribution < -0.4 is 10.6 Å². The van der Waals surface area contributed by atoms with Crippen molar-refractivity contribution in [1.29, 1.82) is 0 Å². The van der Waals surface area contributed by atoms with Gasteiger partial charge in [-0.15, -0.1) is 0 Å². The number of amides is 2. The molecule has 0 aromatic heterocycles. The molecule has 1 rings (SSSR count). The normalized spacial score (nSPS) is 9.60. The second kappa shape index (κ2) is 9.55. The van der Waals surface area contributed by atoms with Crippen molar-refractivity contribution in [2.75, 3.05) is 13.1 Å². The molecule has 108 valence electrons. The monoisotopic (exact) mass is 278 g/mol. The second-order valence-electron chi connectivity index (χ2n) is 4.06. The zero-order chi connectivity index (χ0) is 14.6. The summed E-state index contributed by atoms with van der Waals surface area (Å²) in [5, 5.41) is 4.97. The minimum absolute atomic E-state index is 0.0192. The van der Waals surface area contributed by atoms with Crippen LogP contribution >= 0.6 is 0 Å². The molecule has 0 atom stereocenters. The van der Waals surface area contributed by atoms with E-state index in [2.05, 4.69) is 10.6 Å². The number of rotatable bonds is 8. The Kier molecular flexibility index (Phi) is 7.49. The van der Waals surface area contributed by atoms with Gasteiger partial charge in [-0.1, -0.05) is 30.3 Å². The van der Waals surface area contributed by atoms with E-state index in [1.165, 1.54) is 0 Å². The predicted octanol–water partition coefficient (Wildman–Crippen LogP) is 1.01. The Morgan fingerprint density at radius 1 is 1.15 bits per heavy atom. The summed E-state index contributed by atoms with van der Waals surface area (Å²) in [6, 6.07) is 9.36. The lowest BCUT2D eigenvalue weighted by Gasteiger charge is -2.07. The molecule has 0 bridgehead atoms. The largest absolute Gasteiger partial charge is 0.445 e. The van der Waals surface area contributed by atoms with Crippen LogP contribution in [0, 0.1) is 0 Å². The van der Waals surface area contributed by atoms with Crippen LogP contribution in [0.5, 0.6) is 0 Å². The number of hydrogen-bond acceptors (Lipinski definition) is 4. The topological polar surface area (TPSA) is 84.5 Å². The number of carbonyl (C=O) groups excluding carboxylic acids is 3. The van der Waals surface area contributed by atoms with Crippen molar-refractivity contribution in [3.63, 3.8) is 0 Å². The summed E-state index contributed by atoms with van der Waals surface area (Å²) in [7, 11) is 0. The molecule has 0 aliphatic heterocycles. The van der Waals surface area contributed by atoms with E-state index in [4.69, 9.17) is 4.74 Å². The molecule has 0 saturated heterocycles. The first-order valence-electron chi connectivity index (χ1n) is 6.37. The van der Waals surface area contributed by atoms with Gasteiger partial charge in [-0.2, -0.15) is 0 Å². The van der Waals surface area contributed by atoms with E-state index in [1.807, 2.05) is 30.3 Å². The second-order valence-corrected chi connectivity index (χ2v) is 4.06. The van der Waals surface area contributed by atoms with Crippen LogP contribution in [0.1, 0.15) is 18.4 Å². The van der Waals surface area contributed by atoms with Crippen LogP contribution in [0.15, 0.2) is 30.3 Å². The molecule has 0 aliphatic carbocycles. The number of hydrogen-bond donors (Lipinski definition) is 2. The van der Waals surface area contributed by atoms with Gasteiger partial charge in [0.15, 0.2) is 0 Å². The molecule has 1 aromatic rings. The summed E-state index contributed by atoms with van der Waals surface area (Å²) in [6.07, 6.45) is 0.858. The first kappa shape index (κ1) is 15.7. The van der Waals surface area contributed by atoms with Gasteiger partial charge < -0.3 is 20.2 Å². The van der Waals surface area contributed by atoms with E-state index >= 15 is 0 Å². The number of alkyl carbamates (subject to hydrolysis) is 1. The summed E-state index contributed by atoms with van der Waals surface area (Å²) < 4.78 is 5.00. The molecule has 1 aromatic carbocycles. The molecule has 20 heavy (non-hydrogen) atoms. The third kappa shape index (κ3) is 7.15. The molecular formula is C14H18N2O4. The molecule has 0 heterocycles. The smallest absolute Gasteiger partial charge is 0.407 e. The Balaban J connectivity index is 2.06. The highest BCUT2D eigenvalue weighted by Crippen LogP contribution is 2.00. The summed E-state index contributed by atoms with van der Waals surface area (Å²) in [5.41, 5.74) is 0.913. The molecule has 0 fully saturated rings. The summed E-state index contributed by atoms with van der Waals surface area (Å²) in [6.45, 7) is 0.583. The third-order valence-electron chi connectivity index (χ3n) is 2.45. The Morgan fingerprint density at radius 3 is 2.60 bits per heavy atom. The van der Waals surface area contributed by atoms with E-state index in [0.717, 1.165) is 5.56 Å². The first-order valence-corrected chi connectivity index (χ1v) is 6.37. The van der Waals surface area contributed by atoms with Gasteiger partial charge >= 0.3 is 6.09 Å². The van der Waals surface area contributed by atoms with Crippen LogP contribution in [0.2, 0.25) is 0 Å². The van der Waals surface area contributed by atoms with Gasteiger partial charge in [-0.25, -0.2) is 4.79 Å². The van der Waals surface area contributed by atoms with Crippen LogP contribution in [-0.2, 0) is 20.9 Å². The predicted molar refractivity (Wildman–Crippen MR) is 72.9 cm³/mol. The molecule has 0 spiro atoms. The average Bonchev–Trinajstić information content (AvgIpc) is 2.48. The summed E-state index contributed by atoms with van der Waals surface area (Å²) >= 11 is 0. The van der Waals surface area contributed by atoms with Gasteiger partial charge in [-0.3, -0.25) is 4.79 Å². The van der Waals surface area contributed by atoms with E-state index in [-0.39, 0.29) is 25.5 Å². The van der Waals surface area contributed by atoms with Crippen LogP contribution in [0.4, 0.5) is 4.79 Å². The van der Waals surface area contributed by atoms with Crippen molar-refractivity contribution in [2.45, 2.75) is 19.4 Å². The van der Waals surface area contributed by atoms with Gasteiger partial charge in [0.25, 0.3) is 0 Å². The van der Waals surface area contributed by atoms with Crippen molar-refractivity contribution in [2.24, 2.45) is 0 Å². The standard InChI is InChI=1S/C14H18N2O4/c17-10-9-15-13(18)7-4-8-16-14(19)20-11-12-5-2-1-3-6-12/h1-3,5-6,10H,4,7-9,11H2,(H,15,18)(H,16,19). The van der Waals surface area contributed by atoms with Crippen LogP contribution in [-0.4, -0.2) is 31.4 Å². The maximum atomic E-state index is 11.4. The van der Waals surface area contributed by atoms with Gasteiger partial charge in [0.2, 0.25) is 5.91 Å². The number of nitrogens with one attached hydrogen (secondary N) is 2. The number of benzene rings is 1. The van der Waals surface area contributed by atoms with Crippen molar-refractivity contribution < 1.29 is 19.1 Å². The van der Waals surface area contributed by atoms with Crippen molar-refractivity contribution in [1.82, 2.24) is 10.6 Å². The number of carbonyl (C=O) groups is 3. The summed E-state index contributed by atoms with van der Waals surface area (Å²) in [5.74, 6) is -0.212. The lowest BCUT2D eigenvalue weighted by Crippen LogP contribution is -2.28. The van der Waals surface area contributed by atoms with Gasteiger partial charge in [0, 0.05) is 13.0 Å². The maximum Gasteiger partial charge on any atom is 0.407 e. The fraction of sp³-hybridized carbons (Fsp3) is 0.357. The molecular weight excluding hydrogens is 260 g/mol. The van der Waals surface area contributed by atoms with Crippen molar-refractivity contribution in [3.05, 3.63) is 35.9 Å². The van der Waals surface area contributed by atoms with Gasteiger partial charge in [-0.05, 0) is 12.0 Å². The average molecular weight is 278 g/mol. The van der Waals surface area contributed by atoms with Crippen LogP contribution in [0.25, 0.3) is 0 Å². The van der Waals surface area contributed by atoms with Crippen molar-refractivity contribution in [3.8, 4) is 0 Å². The number of aldehydes is 1. The lowest BCUT2D eigenvalue weighted by atomic mass is 10.2. The Morgan fingerprint density at radius 2 is 1.90 bits per heavy atom. The molecule has 6 nitrogen and oxygen atoms in total. The quantitative estimate of drug-likeness (QED) is 0.549. The zero-order valence-corrected chi connectivity index (χ0v) is 11.1. The van der Waals surface area contributed by atoms with E-state index in [9.17, 15) is 14.4 Å². The van der Waals surface area contributed by atoms with Crippen molar-refractivity contribution >= 4 is 18.3 Å². The van der Waals surface area contributed by atoms with E-state index < -0.39 is 6.09 Å². The summed E-state index contributed by atoms with van der Waals surface area (Å²) in [4.78, 5) is 32.5. The maximum absolute atomic E-state index is 11.4. The molecule has 0 unspecified atom stereocenters. The van der Waals surface area contributed by atoms with Crippen LogP contribution in [0.3, 0.4) is 0 Å². The van der Waals surface area contributed by atoms with Gasteiger partial charge in [0.05, 0.1) is 6.54 Å². The molecule has 0 aliphatic rings. The first-order chi connectivity index (χ1) is 9.72. The lowest BCUT2D eigenvalue weighted by molar-refractivity contribution is -0.122. The molecule has 0 radical (unpaired) electrons. The molecule has 0 saturated carbocycles. The Hall–Kier alpha value is -2.37. The fourth-order valence-electron chi connectivity index (χ4n) is 1.46. The highest BCUT2D eigenvalue weighted by atomic mass is 16.5. The molecule has 2 N–H and O–H groups in total. The third-order valence-corrected chi connectivity index (χ3v) is 2.45. The fourth-order valence-corrected chi connectivity index (χ4v) is 1.46. The zero-order valence-electron chi connectivity index (χ0n) is 11.1. The Bertz CT molecular complexity index is 434. The van der Waals surface area contributed by atoms with E-state index in [1.54, 1.807) is 0 Å².